The molecule has 0 aliphatic carbocycles. The van der Waals surface area contributed by atoms with Crippen LogP contribution in [0.2, 0.25) is 4.34 Å². The number of alkyl halides is 3. The summed E-state index contributed by atoms with van der Waals surface area (Å²) < 4.78 is 94.8. The van der Waals surface area contributed by atoms with Gasteiger partial charge in [-0.2, -0.15) is 8.61 Å². The van der Waals surface area contributed by atoms with Crippen LogP contribution in [-0.4, -0.2) is 58.0 Å². The van der Waals surface area contributed by atoms with E-state index in [2.05, 4.69) is 4.74 Å². The molecule has 1 aliphatic rings. The number of halogens is 4. The summed E-state index contributed by atoms with van der Waals surface area (Å²) >= 11 is 6.65. The van der Waals surface area contributed by atoms with E-state index in [4.69, 9.17) is 11.6 Å². The van der Waals surface area contributed by atoms with Gasteiger partial charge in [-0.3, -0.25) is 0 Å². The van der Waals surface area contributed by atoms with E-state index in [9.17, 15) is 30.0 Å². The molecule has 1 fully saturated rings. The van der Waals surface area contributed by atoms with E-state index in [1.165, 1.54) is 24.3 Å². The largest absolute Gasteiger partial charge is 0.573 e. The standard InChI is InChI=1S/C15H14ClF3N2O5S3/c16-13-5-6-14(27-13)29(24,25)21-9-7-20(8-10-21)28(22,23)12-4-2-1-3-11(12)26-15(17,18)19/h1-6H,7-10H2. The minimum Gasteiger partial charge on any atom is -0.404 e. The van der Waals surface area contributed by atoms with Crippen molar-refractivity contribution in [2.75, 3.05) is 26.2 Å². The first-order chi connectivity index (χ1) is 13.4. The highest BCUT2D eigenvalue weighted by Crippen LogP contribution is 2.33. The van der Waals surface area contributed by atoms with E-state index in [-0.39, 0.29) is 30.4 Å². The highest BCUT2D eigenvalue weighted by molar-refractivity contribution is 7.91. The zero-order valence-corrected chi connectivity index (χ0v) is 17.7. The van der Waals surface area contributed by atoms with E-state index in [1.807, 2.05) is 0 Å². The number of hydrogen-bond donors (Lipinski definition) is 0. The monoisotopic (exact) mass is 490 g/mol. The van der Waals surface area contributed by atoms with Gasteiger partial charge in [-0.15, -0.1) is 24.5 Å². The first-order valence-corrected chi connectivity index (χ1v) is 12.1. The number of hydrogen-bond acceptors (Lipinski definition) is 6. The molecule has 14 heteroatoms. The number of sulfonamides is 2. The van der Waals surface area contributed by atoms with E-state index < -0.39 is 37.1 Å². The molecule has 0 unspecified atom stereocenters. The maximum atomic E-state index is 12.8. The van der Waals surface area contributed by atoms with Crippen LogP contribution >= 0.6 is 22.9 Å². The molecule has 0 spiro atoms. The second kappa shape index (κ2) is 8.04. The molecule has 0 saturated carbocycles. The molecule has 160 valence electrons. The van der Waals surface area contributed by atoms with Gasteiger partial charge in [-0.05, 0) is 24.3 Å². The Balaban J connectivity index is 1.79. The predicted molar refractivity (Wildman–Crippen MR) is 100.0 cm³/mol. The first-order valence-electron chi connectivity index (χ1n) is 8.02. The molecule has 7 nitrogen and oxygen atoms in total. The summed E-state index contributed by atoms with van der Waals surface area (Å²) in [7, 11) is -8.16. The van der Waals surface area contributed by atoms with Gasteiger partial charge >= 0.3 is 6.36 Å². The van der Waals surface area contributed by atoms with Crippen molar-refractivity contribution in [2.24, 2.45) is 0 Å². The molecule has 0 N–H and O–H groups in total. The molecule has 0 radical (unpaired) electrons. The Kier molecular flexibility index (Phi) is 6.18. The molecule has 3 rings (SSSR count). The van der Waals surface area contributed by atoms with Crippen molar-refractivity contribution in [2.45, 2.75) is 15.5 Å². The number of benzene rings is 1. The number of para-hydroxylation sites is 1. The molecule has 1 aliphatic heterocycles. The minimum atomic E-state index is -5.06. The zero-order valence-electron chi connectivity index (χ0n) is 14.5. The smallest absolute Gasteiger partial charge is 0.404 e. The summed E-state index contributed by atoms with van der Waals surface area (Å²) in [6.07, 6.45) is -5.06. The molecule has 1 saturated heterocycles. The Hall–Kier alpha value is -1.38. The van der Waals surface area contributed by atoms with Crippen LogP contribution in [0.1, 0.15) is 0 Å². The van der Waals surface area contributed by atoms with Crippen LogP contribution in [0.25, 0.3) is 0 Å². The van der Waals surface area contributed by atoms with Crippen molar-refractivity contribution in [1.29, 1.82) is 0 Å². The fourth-order valence-electron chi connectivity index (χ4n) is 2.73. The summed E-state index contributed by atoms with van der Waals surface area (Å²) in [5.74, 6) is -0.844. The van der Waals surface area contributed by atoms with Crippen LogP contribution in [0.5, 0.6) is 5.75 Å². The van der Waals surface area contributed by atoms with Crippen molar-refractivity contribution in [3.63, 3.8) is 0 Å². The number of rotatable bonds is 5. The molecule has 0 amide bonds. The molecule has 29 heavy (non-hydrogen) atoms. The summed E-state index contributed by atoms with van der Waals surface area (Å²) in [6, 6.07) is 7.20. The van der Waals surface area contributed by atoms with E-state index in [1.54, 1.807) is 0 Å². The molecule has 0 atom stereocenters. The summed E-state index contributed by atoms with van der Waals surface area (Å²) in [6.45, 7) is -0.749. The van der Waals surface area contributed by atoms with Gasteiger partial charge < -0.3 is 4.74 Å². The van der Waals surface area contributed by atoms with Gasteiger partial charge in [0, 0.05) is 26.2 Å². The highest BCUT2D eigenvalue weighted by Gasteiger charge is 2.38. The van der Waals surface area contributed by atoms with Crippen LogP contribution in [0.4, 0.5) is 13.2 Å². The van der Waals surface area contributed by atoms with Crippen molar-refractivity contribution in [1.82, 2.24) is 8.61 Å². The third kappa shape index (κ3) is 4.86. The third-order valence-electron chi connectivity index (χ3n) is 4.03. The zero-order chi connectivity index (χ0) is 21.4. The summed E-state index contributed by atoms with van der Waals surface area (Å²) in [4.78, 5) is -0.640. The van der Waals surface area contributed by atoms with Crippen LogP contribution in [0, 0.1) is 0 Å². The Morgan fingerprint density at radius 2 is 1.45 bits per heavy atom. The lowest BCUT2D eigenvalue weighted by Crippen LogP contribution is -2.50. The maximum absolute atomic E-state index is 12.8. The van der Waals surface area contributed by atoms with Crippen LogP contribution in [0.3, 0.4) is 0 Å². The average molecular weight is 491 g/mol. The van der Waals surface area contributed by atoms with Crippen LogP contribution in [-0.2, 0) is 20.0 Å². The molecule has 1 aromatic heterocycles. The first kappa shape index (κ1) is 22.3. The lowest BCUT2D eigenvalue weighted by molar-refractivity contribution is -0.275. The SMILES string of the molecule is O=S(=O)(c1ccc(Cl)s1)N1CCN(S(=O)(=O)c2ccccc2OC(F)(F)F)CC1. The average Bonchev–Trinajstić information content (AvgIpc) is 3.08. The molecular formula is C15H14ClF3N2O5S3. The quantitative estimate of drug-likeness (QED) is 0.643. The fraction of sp³-hybridized carbons (Fsp3) is 0.333. The van der Waals surface area contributed by atoms with Crippen molar-refractivity contribution >= 4 is 43.0 Å². The summed E-state index contributed by atoms with van der Waals surface area (Å²) in [5, 5.41) is 0. The third-order valence-corrected chi connectivity index (χ3v) is 9.57. The molecule has 2 aromatic rings. The Labute approximate surface area is 174 Å². The highest BCUT2D eigenvalue weighted by atomic mass is 35.5. The van der Waals surface area contributed by atoms with Gasteiger partial charge in [0.1, 0.15) is 14.9 Å². The van der Waals surface area contributed by atoms with Crippen molar-refractivity contribution < 1.29 is 34.7 Å². The van der Waals surface area contributed by atoms with Gasteiger partial charge in [0.15, 0.2) is 0 Å². The van der Waals surface area contributed by atoms with Crippen molar-refractivity contribution in [3.8, 4) is 5.75 Å². The Bertz CT molecular complexity index is 1090. The van der Waals surface area contributed by atoms with Crippen molar-refractivity contribution in [3.05, 3.63) is 40.7 Å². The molecule has 1 aromatic carbocycles. The van der Waals surface area contributed by atoms with Gasteiger partial charge in [0.2, 0.25) is 10.0 Å². The lowest BCUT2D eigenvalue weighted by Gasteiger charge is -2.33. The van der Waals surface area contributed by atoms with E-state index >= 15 is 0 Å². The maximum Gasteiger partial charge on any atom is 0.573 e. The second-order valence-corrected chi connectivity index (χ2v) is 11.6. The Morgan fingerprint density at radius 1 is 0.897 bits per heavy atom. The normalized spacial score (nSPS) is 17.4. The van der Waals surface area contributed by atoms with Crippen LogP contribution < -0.4 is 4.74 Å². The number of thiophene rings is 1. The van der Waals surface area contributed by atoms with Gasteiger partial charge in [0.25, 0.3) is 10.0 Å². The van der Waals surface area contributed by atoms with Gasteiger partial charge in [-0.1, -0.05) is 23.7 Å². The van der Waals surface area contributed by atoms with Gasteiger partial charge in [-0.25, -0.2) is 16.8 Å². The number of ether oxygens (including phenoxy) is 1. The van der Waals surface area contributed by atoms with Crippen LogP contribution in [0.15, 0.2) is 45.5 Å². The topological polar surface area (TPSA) is 84.0 Å². The lowest BCUT2D eigenvalue weighted by atomic mass is 10.3. The van der Waals surface area contributed by atoms with E-state index in [0.717, 1.165) is 32.1 Å². The molecule has 2 heterocycles. The van der Waals surface area contributed by atoms with Gasteiger partial charge in [0.05, 0.1) is 4.34 Å². The molecule has 0 bridgehead atoms. The predicted octanol–water partition coefficient (Wildman–Crippen LogP) is 3.00. The second-order valence-electron chi connectivity index (χ2n) is 5.86. The van der Waals surface area contributed by atoms with E-state index in [0.29, 0.717) is 4.34 Å². The summed E-state index contributed by atoms with van der Waals surface area (Å²) in [5.41, 5.74) is 0. The Morgan fingerprint density at radius 3 is 1.97 bits per heavy atom. The molecular weight excluding hydrogens is 477 g/mol. The fourth-order valence-corrected chi connectivity index (χ4v) is 7.32. The number of piperazine rings is 1. The number of nitrogens with zero attached hydrogens (tertiary/aromatic N) is 2. The minimum absolute atomic E-state index is 0.0303.